The van der Waals surface area contributed by atoms with Crippen molar-refractivity contribution in [2.75, 3.05) is 20.2 Å². The molecule has 1 aliphatic heterocycles. The molecule has 3 nitrogen and oxygen atoms in total. The van der Waals surface area contributed by atoms with Gasteiger partial charge in [0.25, 0.3) is 0 Å². The number of carbonyl (C=O) groups excluding carboxylic acids is 1. The molecular formula is C11H18ClNO2. The van der Waals surface area contributed by atoms with Gasteiger partial charge in [0.05, 0.1) is 13.5 Å². The fourth-order valence-electron chi connectivity index (χ4n) is 1.98. The molecule has 0 saturated carbocycles. The van der Waals surface area contributed by atoms with Crippen molar-refractivity contribution in [1.29, 1.82) is 0 Å². The zero-order valence-electron chi connectivity index (χ0n) is 9.12. The van der Waals surface area contributed by atoms with E-state index in [4.69, 9.17) is 16.3 Å². The van der Waals surface area contributed by atoms with Gasteiger partial charge in [0.2, 0.25) is 0 Å². The Bertz CT molecular complexity index is 231. The van der Waals surface area contributed by atoms with Gasteiger partial charge >= 0.3 is 5.97 Å². The number of piperidine rings is 1. The molecule has 4 heteroatoms. The van der Waals surface area contributed by atoms with Gasteiger partial charge in [-0.1, -0.05) is 24.1 Å². The second-order valence-electron chi connectivity index (χ2n) is 3.79. The molecule has 1 saturated heterocycles. The lowest BCUT2D eigenvalue weighted by Gasteiger charge is -2.34. The molecule has 0 bridgehead atoms. The number of likely N-dealkylation sites (tertiary alicyclic amines) is 1. The maximum Gasteiger partial charge on any atom is 0.307 e. The number of carbonyl (C=O) groups is 1. The Kier molecular flexibility index (Phi) is 5.73. The Morgan fingerprint density at radius 2 is 2.40 bits per heavy atom. The van der Waals surface area contributed by atoms with Crippen molar-refractivity contribution in [3.63, 3.8) is 0 Å². The summed E-state index contributed by atoms with van der Waals surface area (Å²) in [6, 6.07) is 0.319. The molecule has 0 aromatic rings. The average molecular weight is 232 g/mol. The van der Waals surface area contributed by atoms with Crippen LogP contribution in [0.25, 0.3) is 0 Å². The van der Waals surface area contributed by atoms with Crippen LogP contribution in [0.1, 0.15) is 25.7 Å². The molecule has 0 aliphatic carbocycles. The summed E-state index contributed by atoms with van der Waals surface area (Å²) in [6.07, 6.45) is 5.88. The van der Waals surface area contributed by atoms with Gasteiger partial charge in [-0.15, -0.1) is 0 Å². The molecule has 1 fully saturated rings. The molecule has 1 rings (SSSR count). The summed E-state index contributed by atoms with van der Waals surface area (Å²) in [5.74, 6) is -0.123. The number of halogens is 1. The molecule has 1 atom stereocenters. The Hall–Kier alpha value is -0.540. The Morgan fingerprint density at radius 3 is 3.07 bits per heavy atom. The van der Waals surface area contributed by atoms with Gasteiger partial charge in [-0.05, 0) is 19.4 Å². The minimum atomic E-state index is -0.123. The van der Waals surface area contributed by atoms with Crippen LogP contribution in [0.3, 0.4) is 0 Å². The maximum atomic E-state index is 11.2. The summed E-state index contributed by atoms with van der Waals surface area (Å²) in [7, 11) is 1.44. The van der Waals surface area contributed by atoms with E-state index in [2.05, 4.69) is 4.90 Å². The maximum absolute atomic E-state index is 11.2. The minimum Gasteiger partial charge on any atom is -0.469 e. The van der Waals surface area contributed by atoms with Gasteiger partial charge in [0.1, 0.15) is 0 Å². The van der Waals surface area contributed by atoms with Crippen molar-refractivity contribution in [2.45, 2.75) is 31.7 Å². The summed E-state index contributed by atoms with van der Waals surface area (Å²) >= 11 is 5.50. The van der Waals surface area contributed by atoms with E-state index in [1.807, 2.05) is 6.08 Å². The van der Waals surface area contributed by atoms with Crippen LogP contribution in [0.5, 0.6) is 0 Å². The summed E-state index contributed by atoms with van der Waals surface area (Å²) in [5, 5.41) is 0. The number of ether oxygens (including phenoxy) is 1. The van der Waals surface area contributed by atoms with Gasteiger partial charge in [-0.2, -0.15) is 0 Å². The van der Waals surface area contributed by atoms with E-state index in [9.17, 15) is 4.79 Å². The third-order valence-corrected chi connectivity index (χ3v) is 2.99. The topological polar surface area (TPSA) is 29.5 Å². The predicted octanol–water partition coefficient (Wildman–Crippen LogP) is 2.16. The number of methoxy groups -OCH3 is 1. The van der Waals surface area contributed by atoms with E-state index in [0.717, 1.165) is 19.5 Å². The highest BCUT2D eigenvalue weighted by Crippen LogP contribution is 2.19. The van der Waals surface area contributed by atoms with Crippen LogP contribution in [-0.2, 0) is 9.53 Å². The molecule has 0 aromatic heterocycles. The number of nitrogens with zero attached hydrogens (tertiary/aromatic N) is 1. The Labute approximate surface area is 96.0 Å². The molecule has 0 aromatic carbocycles. The Balaban J connectivity index is 2.45. The summed E-state index contributed by atoms with van der Waals surface area (Å²) in [4.78, 5) is 13.5. The first-order valence-electron chi connectivity index (χ1n) is 5.34. The van der Waals surface area contributed by atoms with E-state index in [-0.39, 0.29) is 5.97 Å². The minimum absolute atomic E-state index is 0.123. The van der Waals surface area contributed by atoms with Gasteiger partial charge in [0.15, 0.2) is 0 Å². The van der Waals surface area contributed by atoms with Crippen LogP contribution in [0.15, 0.2) is 11.6 Å². The van der Waals surface area contributed by atoms with Crippen LogP contribution in [0.2, 0.25) is 0 Å². The van der Waals surface area contributed by atoms with Crippen molar-refractivity contribution < 1.29 is 9.53 Å². The molecule has 0 N–H and O–H groups in total. The van der Waals surface area contributed by atoms with Gasteiger partial charge in [0, 0.05) is 18.1 Å². The highest BCUT2D eigenvalue weighted by molar-refractivity contribution is 6.25. The molecule has 15 heavy (non-hydrogen) atoms. The quantitative estimate of drug-likeness (QED) is 0.695. The second-order valence-corrected chi connectivity index (χ2v) is 4.04. The van der Waals surface area contributed by atoms with E-state index in [1.54, 1.807) is 0 Å². The molecule has 0 radical (unpaired) electrons. The smallest absolute Gasteiger partial charge is 0.307 e. The number of hydrogen-bond donors (Lipinski definition) is 0. The van der Waals surface area contributed by atoms with E-state index < -0.39 is 0 Å². The van der Waals surface area contributed by atoms with Gasteiger partial charge < -0.3 is 4.74 Å². The molecule has 1 heterocycles. The van der Waals surface area contributed by atoms with Gasteiger partial charge in [-0.25, -0.2) is 0 Å². The van der Waals surface area contributed by atoms with Crippen LogP contribution < -0.4 is 0 Å². The van der Waals surface area contributed by atoms with E-state index in [1.165, 1.54) is 25.5 Å². The van der Waals surface area contributed by atoms with Crippen molar-refractivity contribution in [2.24, 2.45) is 0 Å². The van der Waals surface area contributed by atoms with Crippen LogP contribution in [0.4, 0.5) is 0 Å². The lowest BCUT2D eigenvalue weighted by atomic mass is 9.99. The highest BCUT2D eigenvalue weighted by Gasteiger charge is 2.23. The number of hydrogen-bond acceptors (Lipinski definition) is 3. The third kappa shape index (κ3) is 4.22. The van der Waals surface area contributed by atoms with Crippen LogP contribution in [0, 0.1) is 0 Å². The fourth-order valence-corrected chi connectivity index (χ4v) is 2.06. The summed E-state index contributed by atoms with van der Waals surface area (Å²) in [5.41, 5.74) is 1.53. The van der Waals surface area contributed by atoms with Crippen LogP contribution >= 0.6 is 11.6 Å². The first-order valence-corrected chi connectivity index (χ1v) is 5.77. The predicted molar refractivity (Wildman–Crippen MR) is 60.8 cm³/mol. The molecular weight excluding hydrogens is 214 g/mol. The lowest BCUT2D eigenvalue weighted by molar-refractivity contribution is -0.142. The largest absolute Gasteiger partial charge is 0.469 e. The summed E-state index contributed by atoms with van der Waals surface area (Å²) in [6.45, 7) is 1.87. The monoisotopic (exact) mass is 231 g/mol. The lowest BCUT2D eigenvalue weighted by Crippen LogP contribution is -2.40. The molecule has 86 valence electrons. The second kappa shape index (κ2) is 6.85. The van der Waals surface area contributed by atoms with Crippen molar-refractivity contribution in [3.05, 3.63) is 11.6 Å². The summed E-state index contributed by atoms with van der Waals surface area (Å²) < 4.78 is 4.70. The van der Waals surface area contributed by atoms with E-state index in [0.29, 0.717) is 12.5 Å². The van der Waals surface area contributed by atoms with Crippen molar-refractivity contribution in [1.82, 2.24) is 4.90 Å². The molecule has 0 spiro atoms. The highest BCUT2D eigenvalue weighted by atomic mass is 35.5. The first-order chi connectivity index (χ1) is 7.27. The first kappa shape index (κ1) is 12.5. The fraction of sp³-hybridized carbons (Fsp3) is 0.727. The average Bonchev–Trinajstić information content (AvgIpc) is 2.28. The van der Waals surface area contributed by atoms with Crippen molar-refractivity contribution >= 4 is 17.6 Å². The number of rotatable bonds is 4. The zero-order valence-corrected chi connectivity index (χ0v) is 9.87. The molecule has 1 unspecified atom stereocenters. The number of esters is 1. The van der Waals surface area contributed by atoms with Gasteiger partial charge in [-0.3, -0.25) is 9.69 Å². The zero-order chi connectivity index (χ0) is 11.1. The van der Waals surface area contributed by atoms with Crippen molar-refractivity contribution in [3.8, 4) is 0 Å². The SMILES string of the molecule is COC(=O)CC1CCCCN1CC=CCl. The standard InChI is InChI=1S/C11H18ClNO2/c1-15-11(14)9-10-5-2-3-7-13(10)8-4-6-12/h4,6,10H,2-3,5,7-9H2,1H3. The Morgan fingerprint density at radius 1 is 1.60 bits per heavy atom. The molecule has 1 aliphatic rings. The van der Waals surface area contributed by atoms with Crippen LogP contribution in [-0.4, -0.2) is 37.1 Å². The normalized spacial score (nSPS) is 23.2. The van der Waals surface area contributed by atoms with E-state index >= 15 is 0 Å². The third-order valence-electron chi connectivity index (χ3n) is 2.81. The molecule has 0 amide bonds.